The van der Waals surface area contributed by atoms with Crippen LogP contribution >= 0.6 is 0 Å². The van der Waals surface area contributed by atoms with Crippen LogP contribution in [0.3, 0.4) is 0 Å². The molecule has 3 aromatic rings. The molecule has 5 nitrogen and oxygen atoms in total. The number of aromatic amines is 1. The fourth-order valence-corrected chi connectivity index (χ4v) is 2.61. The molecule has 0 aliphatic rings. The third-order valence-corrected chi connectivity index (χ3v) is 4.10. The minimum atomic E-state index is -1.03. The maximum atomic E-state index is 12.3. The highest BCUT2D eigenvalue weighted by Crippen LogP contribution is 2.18. The molecule has 0 saturated carbocycles. The number of fused-ring (bicyclic) bond motifs is 1. The van der Waals surface area contributed by atoms with Crippen LogP contribution in [-0.2, 0) is 10.8 Å². The Bertz CT molecular complexity index is 824. The van der Waals surface area contributed by atoms with Gasteiger partial charge in [-0.25, -0.2) is 0 Å². The minimum absolute atomic E-state index is 0.213. The van der Waals surface area contributed by atoms with Crippen molar-refractivity contribution >= 4 is 33.3 Å². The first-order chi connectivity index (χ1) is 10.1. The average molecular weight is 299 g/mol. The SMILES string of the molecule is C[S@](=O)c1ccc(NC(=O)c2cccc3cn[nH]c23)cc1. The molecular weight excluding hydrogens is 286 g/mol. The van der Waals surface area contributed by atoms with Crippen molar-refractivity contribution in [3.63, 3.8) is 0 Å². The van der Waals surface area contributed by atoms with Gasteiger partial charge in [-0.3, -0.25) is 14.1 Å². The van der Waals surface area contributed by atoms with Gasteiger partial charge in [-0.1, -0.05) is 12.1 Å². The predicted molar refractivity (Wildman–Crippen MR) is 82.8 cm³/mol. The van der Waals surface area contributed by atoms with Crippen LogP contribution in [0.5, 0.6) is 0 Å². The molecule has 2 N–H and O–H groups in total. The fraction of sp³-hybridized carbons (Fsp3) is 0.0667. The molecule has 0 unspecified atom stereocenters. The molecule has 0 spiro atoms. The Morgan fingerprint density at radius 2 is 1.95 bits per heavy atom. The number of nitrogens with one attached hydrogen (secondary N) is 2. The number of para-hydroxylation sites is 1. The lowest BCUT2D eigenvalue weighted by atomic mass is 10.1. The molecule has 1 heterocycles. The zero-order chi connectivity index (χ0) is 14.8. The summed E-state index contributed by atoms with van der Waals surface area (Å²) in [6.07, 6.45) is 3.30. The number of amides is 1. The second-order valence-corrected chi connectivity index (χ2v) is 5.95. The van der Waals surface area contributed by atoms with Gasteiger partial charge in [-0.15, -0.1) is 0 Å². The van der Waals surface area contributed by atoms with Crippen molar-refractivity contribution in [1.29, 1.82) is 0 Å². The Balaban J connectivity index is 1.86. The summed E-state index contributed by atoms with van der Waals surface area (Å²) in [6.45, 7) is 0. The Kier molecular flexibility index (Phi) is 3.53. The predicted octanol–water partition coefficient (Wildman–Crippen LogP) is 2.55. The van der Waals surface area contributed by atoms with Crippen molar-refractivity contribution in [3.8, 4) is 0 Å². The molecule has 6 heteroatoms. The number of nitrogens with zero attached hydrogens (tertiary/aromatic N) is 1. The van der Waals surface area contributed by atoms with E-state index in [0.29, 0.717) is 16.8 Å². The van der Waals surface area contributed by atoms with Gasteiger partial charge in [0.05, 0.1) is 17.3 Å². The summed E-state index contributed by atoms with van der Waals surface area (Å²) in [5.74, 6) is -0.213. The number of hydrogen-bond acceptors (Lipinski definition) is 3. The van der Waals surface area contributed by atoms with Crippen LogP contribution in [0.25, 0.3) is 10.9 Å². The lowest BCUT2D eigenvalue weighted by Gasteiger charge is -2.06. The summed E-state index contributed by atoms with van der Waals surface area (Å²) < 4.78 is 11.3. The highest BCUT2D eigenvalue weighted by molar-refractivity contribution is 7.84. The zero-order valence-electron chi connectivity index (χ0n) is 11.3. The Labute approximate surface area is 123 Å². The summed E-state index contributed by atoms with van der Waals surface area (Å²) in [6, 6.07) is 12.4. The summed E-state index contributed by atoms with van der Waals surface area (Å²) in [4.78, 5) is 13.1. The number of H-pyrrole nitrogens is 1. The molecule has 106 valence electrons. The number of benzene rings is 2. The molecular formula is C15H13N3O2S. The highest BCUT2D eigenvalue weighted by atomic mass is 32.2. The first-order valence-corrected chi connectivity index (χ1v) is 7.88. The van der Waals surface area contributed by atoms with E-state index in [2.05, 4.69) is 15.5 Å². The molecule has 2 aromatic carbocycles. The smallest absolute Gasteiger partial charge is 0.257 e. The molecule has 0 saturated heterocycles. The average Bonchev–Trinajstić information content (AvgIpc) is 2.96. The zero-order valence-corrected chi connectivity index (χ0v) is 12.1. The Morgan fingerprint density at radius 1 is 1.19 bits per heavy atom. The van der Waals surface area contributed by atoms with Gasteiger partial charge in [0.2, 0.25) is 0 Å². The van der Waals surface area contributed by atoms with Crippen molar-refractivity contribution in [2.24, 2.45) is 0 Å². The van der Waals surface area contributed by atoms with Crippen LogP contribution < -0.4 is 5.32 Å². The third kappa shape index (κ3) is 2.71. The van der Waals surface area contributed by atoms with Crippen LogP contribution in [-0.4, -0.2) is 26.6 Å². The normalized spacial score (nSPS) is 12.2. The lowest BCUT2D eigenvalue weighted by molar-refractivity contribution is 0.102. The number of aromatic nitrogens is 2. The minimum Gasteiger partial charge on any atom is -0.322 e. The Hall–Kier alpha value is -2.47. The van der Waals surface area contributed by atoms with Crippen molar-refractivity contribution < 1.29 is 9.00 Å². The van der Waals surface area contributed by atoms with Gasteiger partial charge >= 0.3 is 0 Å². The summed E-state index contributed by atoms with van der Waals surface area (Å²) >= 11 is 0. The van der Waals surface area contributed by atoms with Crippen molar-refractivity contribution in [2.75, 3.05) is 11.6 Å². The quantitative estimate of drug-likeness (QED) is 0.780. The molecule has 1 atom stereocenters. The van der Waals surface area contributed by atoms with E-state index in [-0.39, 0.29) is 5.91 Å². The number of rotatable bonds is 3. The van der Waals surface area contributed by atoms with E-state index < -0.39 is 10.8 Å². The van der Waals surface area contributed by atoms with Gasteiger partial charge in [-0.05, 0) is 30.3 Å². The van der Waals surface area contributed by atoms with Crippen molar-refractivity contribution in [3.05, 3.63) is 54.2 Å². The van der Waals surface area contributed by atoms with Gasteiger partial charge in [0, 0.05) is 33.0 Å². The van der Waals surface area contributed by atoms with E-state index in [1.807, 2.05) is 12.1 Å². The van der Waals surface area contributed by atoms with Crippen LogP contribution in [0, 0.1) is 0 Å². The van der Waals surface area contributed by atoms with Gasteiger partial charge in [0.15, 0.2) is 0 Å². The maximum Gasteiger partial charge on any atom is 0.257 e. The van der Waals surface area contributed by atoms with Crippen molar-refractivity contribution in [2.45, 2.75) is 4.90 Å². The number of anilines is 1. The molecule has 0 fully saturated rings. The van der Waals surface area contributed by atoms with Crippen LogP contribution in [0.2, 0.25) is 0 Å². The number of carbonyl (C=O) groups excluding carboxylic acids is 1. The van der Waals surface area contributed by atoms with Gasteiger partial charge < -0.3 is 5.32 Å². The lowest BCUT2D eigenvalue weighted by Crippen LogP contribution is -2.12. The van der Waals surface area contributed by atoms with E-state index in [1.165, 1.54) is 0 Å². The number of carbonyl (C=O) groups is 1. The number of hydrogen-bond donors (Lipinski definition) is 2. The second-order valence-electron chi connectivity index (χ2n) is 4.57. The van der Waals surface area contributed by atoms with E-state index >= 15 is 0 Å². The molecule has 0 aliphatic heterocycles. The third-order valence-electron chi connectivity index (χ3n) is 3.17. The second kappa shape index (κ2) is 5.49. The molecule has 0 bridgehead atoms. The molecule has 0 radical (unpaired) electrons. The van der Waals surface area contributed by atoms with E-state index in [1.54, 1.807) is 42.8 Å². The standard InChI is InChI=1S/C15H13N3O2S/c1-21(20)12-7-5-11(6-8-12)17-15(19)13-4-2-3-10-9-16-18-14(10)13/h2-9H,1H3,(H,16,18)(H,17,19)/t21-/m0/s1. The van der Waals surface area contributed by atoms with Crippen LogP contribution in [0.4, 0.5) is 5.69 Å². The molecule has 21 heavy (non-hydrogen) atoms. The topological polar surface area (TPSA) is 74.8 Å². The van der Waals surface area contributed by atoms with E-state index in [0.717, 1.165) is 10.3 Å². The summed E-state index contributed by atoms with van der Waals surface area (Å²) in [5.41, 5.74) is 1.90. The molecule has 3 rings (SSSR count). The largest absolute Gasteiger partial charge is 0.322 e. The van der Waals surface area contributed by atoms with Crippen LogP contribution in [0.1, 0.15) is 10.4 Å². The Morgan fingerprint density at radius 3 is 2.67 bits per heavy atom. The fourth-order valence-electron chi connectivity index (χ4n) is 2.09. The molecule has 0 aliphatic carbocycles. The van der Waals surface area contributed by atoms with Gasteiger partial charge in [0.1, 0.15) is 0 Å². The van der Waals surface area contributed by atoms with Crippen molar-refractivity contribution in [1.82, 2.24) is 10.2 Å². The van der Waals surface area contributed by atoms with E-state index in [9.17, 15) is 9.00 Å². The molecule has 1 amide bonds. The van der Waals surface area contributed by atoms with Crippen LogP contribution in [0.15, 0.2) is 53.6 Å². The monoisotopic (exact) mass is 299 g/mol. The summed E-state index contributed by atoms with van der Waals surface area (Å²) in [7, 11) is -1.03. The maximum absolute atomic E-state index is 12.3. The first-order valence-electron chi connectivity index (χ1n) is 6.32. The van der Waals surface area contributed by atoms with Gasteiger partial charge in [0.25, 0.3) is 5.91 Å². The van der Waals surface area contributed by atoms with Gasteiger partial charge in [-0.2, -0.15) is 5.10 Å². The first kappa shape index (κ1) is 13.5. The summed E-state index contributed by atoms with van der Waals surface area (Å²) in [5, 5.41) is 10.5. The highest BCUT2D eigenvalue weighted by Gasteiger charge is 2.11. The van der Waals surface area contributed by atoms with E-state index in [4.69, 9.17) is 0 Å². The molecule has 1 aromatic heterocycles.